The highest BCUT2D eigenvalue weighted by Gasteiger charge is 2.06. The van der Waals surface area contributed by atoms with Crippen LogP contribution in [-0.2, 0) is 0 Å². The minimum Gasteiger partial charge on any atom is -0.368 e. The van der Waals surface area contributed by atoms with E-state index in [4.69, 9.17) is 11.6 Å². The molecule has 0 aliphatic heterocycles. The first kappa shape index (κ1) is 11.8. The van der Waals surface area contributed by atoms with Gasteiger partial charge in [0, 0.05) is 22.1 Å². The van der Waals surface area contributed by atoms with E-state index in [1.165, 1.54) is 0 Å². The Kier molecular flexibility index (Phi) is 4.69. The second kappa shape index (κ2) is 5.56. The Balaban J connectivity index is 2.47. The van der Waals surface area contributed by atoms with Crippen molar-refractivity contribution in [1.82, 2.24) is 4.98 Å². The second-order valence-corrected chi connectivity index (χ2v) is 5.08. The third kappa shape index (κ3) is 4.29. The molecule has 0 spiro atoms. The van der Waals surface area contributed by atoms with Crippen molar-refractivity contribution in [1.29, 1.82) is 0 Å². The molecule has 0 aliphatic carbocycles. The van der Waals surface area contributed by atoms with E-state index in [1.54, 1.807) is 6.20 Å². The Morgan fingerprint density at radius 1 is 1.50 bits per heavy atom. The number of halogens is 2. The maximum Gasteiger partial charge on any atom is 0.126 e. The molecular weight excluding hydrogens is 263 g/mol. The van der Waals surface area contributed by atoms with Crippen LogP contribution in [0, 0.1) is 0 Å². The molecule has 1 aromatic rings. The van der Waals surface area contributed by atoms with Gasteiger partial charge in [-0.3, -0.25) is 0 Å². The lowest BCUT2D eigenvalue weighted by atomic mass is 10.2. The van der Waals surface area contributed by atoms with Crippen LogP contribution in [0.2, 0.25) is 0 Å². The smallest absolute Gasteiger partial charge is 0.126 e. The predicted molar refractivity (Wildman–Crippen MR) is 65.0 cm³/mol. The zero-order valence-electron chi connectivity index (χ0n) is 8.30. The van der Waals surface area contributed by atoms with Crippen LogP contribution in [0.5, 0.6) is 0 Å². The third-order valence-electron chi connectivity index (χ3n) is 1.80. The number of nitrogens with one attached hydrogen (secondary N) is 1. The van der Waals surface area contributed by atoms with Gasteiger partial charge in [0.05, 0.1) is 0 Å². The van der Waals surface area contributed by atoms with E-state index in [-0.39, 0.29) is 5.38 Å². The molecule has 78 valence electrons. The molecule has 2 atom stereocenters. The molecule has 1 aromatic heterocycles. The summed E-state index contributed by atoms with van der Waals surface area (Å²) in [6, 6.07) is 4.25. The van der Waals surface area contributed by atoms with E-state index in [0.717, 1.165) is 16.7 Å². The van der Waals surface area contributed by atoms with Gasteiger partial charge in [0.2, 0.25) is 0 Å². The molecule has 0 bridgehead atoms. The fraction of sp³-hybridized carbons (Fsp3) is 0.500. The summed E-state index contributed by atoms with van der Waals surface area (Å²) in [5, 5.41) is 3.47. The molecule has 0 saturated heterocycles. The summed E-state index contributed by atoms with van der Waals surface area (Å²) in [5.74, 6) is 0.887. The number of nitrogens with zero attached hydrogens (tertiary/aromatic N) is 1. The van der Waals surface area contributed by atoms with Crippen molar-refractivity contribution in [3.63, 3.8) is 0 Å². The average Bonchev–Trinajstić information content (AvgIpc) is 2.07. The van der Waals surface area contributed by atoms with Crippen LogP contribution < -0.4 is 5.32 Å². The van der Waals surface area contributed by atoms with Gasteiger partial charge in [-0.05, 0) is 48.3 Å². The number of hydrogen-bond donors (Lipinski definition) is 1. The summed E-state index contributed by atoms with van der Waals surface area (Å²) in [4.78, 5) is 4.22. The normalized spacial score (nSPS) is 14.9. The molecule has 0 amide bonds. The lowest BCUT2D eigenvalue weighted by molar-refractivity contribution is 0.693. The molecule has 0 aromatic carbocycles. The number of rotatable bonds is 4. The van der Waals surface area contributed by atoms with Crippen LogP contribution in [0.3, 0.4) is 0 Å². The first-order valence-corrected chi connectivity index (χ1v) is 5.83. The first-order chi connectivity index (χ1) is 6.58. The van der Waals surface area contributed by atoms with E-state index in [9.17, 15) is 0 Å². The molecule has 4 heteroatoms. The molecular formula is C10H14BrClN2. The number of alkyl halides is 1. The van der Waals surface area contributed by atoms with Gasteiger partial charge in [-0.2, -0.15) is 0 Å². The van der Waals surface area contributed by atoms with Crippen molar-refractivity contribution >= 4 is 33.3 Å². The zero-order valence-corrected chi connectivity index (χ0v) is 10.6. The van der Waals surface area contributed by atoms with E-state index in [0.29, 0.717) is 6.04 Å². The van der Waals surface area contributed by atoms with E-state index in [1.807, 2.05) is 19.1 Å². The summed E-state index contributed by atoms with van der Waals surface area (Å²) in [6.45, 7) is 4.09. The summed E-state index contributed by atoms with van der Waals surface area (Å²) in [5.41, 5.74) is 0. The summed E-state index contributed by atoms with van der Waals surface area (Å²) >= 11 is 9.24. The molecule has 0 radical (unpaired) electrons. The Morgan fingerprint density at radius 2 is 2.21 bits per heavy atom. The minimum absolute atomic E-state index is 0.188. The molecule has 0 fully saturated rings. The van der Waals surface area contributed by atoms with Crippen molar-refractivity contribution in [3.05, 3.63) is 22.8 Å². The number of hydrogen-bond acceptors (Lipinski definition) is 2. The predicted octanol–water partition coefficient (Wildman–Crippen LogP) is 3.66. The fourth-order valence-electron chi connectivity index (χ4n) is 1.26. The molecule has 1 N–H and O–H groups in total. The quantitative estimate of drug-likeness (QED) is 0.850. The molecule has 0 saturated carbocycles. The van der Waals surface area contributed by atoms with Gasteiger partial charge >= 0.3 is 0 Å². The van der Waals surface area contributed by atoms with Crippen LogP contribution in [0.25, 0.3) is 0 Å². The Labute approximate surface area is 98.2 Å². The summed E-state index contributed by atoms with van der Waals surface area (Å²) in [6.07, 6.45) is 2.71. The summed E-state index contributed by atoms with van der Waals surface area (Å²) in [7, 11) is 0. The monoisotopic (exact) mass is 276 g/mol. The summed E-state index contributed by atoms with van der Waals surface area (Å²) < 4.78 is 0.987. The van der Waals surface area contributed by atoms with Crippen LogP contribution >= 0.6 is 27.5 Å². The maximum atomic E-state index is 5.90. The lowest BCUT2D eigenvalue weighted by Crippen LogP contribution is -2.19. The van der Waals surface area contributed by atoms with Crippen LogP contribution in [-0.4, -0.2) is 16.4 Å². The Hall–Kier alpha value is -0.280. The van der Waals surface area contributed by atoms with Gasteiger partial charge in [-0.1, -0.05) is 0 Å². The van der Waals surface area contributed by atoms with Gasteiger partial charge in [0.1, 0.15) is 5.82 Å². The Bertz CT molecular complexity index is 274. The molecule has 0 aliphatic rings. The average molecular weight is 278 g/mol. The van der Waals surface area contributed by atoms with E-state index in [2.05, 4.69) is 33.2 Å². The maximum absolute atomic E-state index is 5.90. The highest BCUT2D eigenvalue weighted by atomic mass is 79.9. The van der Waals surface area contributed by atoms with Crippen molar-refractivity contribution in [2.75, 3.05) is 5.32 Å². The van der Waals surface area contributed by atoms with Gasteiger partial charge in [-0.25, -0.2) is 4.98 Å². The molecule has 2 unspecified atom stereocenters. The fourth-order valence-corrected chi connectivity index (χ4v) is 1.76. The highest BCUT2D eigenvalue weighted by Crippen LogP contribution is 2.13. The van der Waals surface area contributed by atoms with Crippen LogP contribution in [0.15, 0.2) is 22.8 Å². The van der Waals surface area contributed by atoms with Gasteiger partial charge in [-0.15, -0.1) is 11.6 Å². The molecule has 14 heavy (non-hydrogen) atoms. The van der Waals surface area contributed by atoms with Crippen LogP contribution in [0.4, 0.5) is 5.82 Å². The van der Waals surface area contributed by atoms with E-state index >= 15 is 0 Å². The molecule has 1 heterocycles. The standard InChI is InChI=1S/C10H14BrClN2/c1-7(12)5-8(2)14-10-4-3-9(11)6-13-10/h3-4,6-8H,5H2,1-2H3,(H,13,14). The van der Waals surface area contributed by atoms with Crippen LogP contribution in [0.1, 0.15) is 20.3 Å². The topological polar surface area (TPSA) is 24.9 Å². The SMILES string of the molecule is CC(Cl)CC(C)Nc1ccc(Br)cn1. The number of anilines is 1. The lowest BCUT2D eigenvalue weighted by Gasteiger charge is -2.15. The molecule has 1 rings (SSSR count). The van der Waals surface area contributed by atoms with Gasteiger partial charge in [0.25, 0.3) is 0 Å². The zero-order chi connectivity index (χ0) is 10.6. The van der Waals surface area contributed by atoms with Crippen molar-refractivity contribution in [3.8, 4) is 0 Å². The number of pyridine rings is 1. The first-order valence-electron chi connectivity index (χ1n) is 4.60. The minimum atomic E-state index is 0.188. The van der Waals surface area contributed by atoms with Crippen molar-refractivity contribution in [2.45, 2.75) is 31.7 Å². The second-order valence-electron chi connectivity index (χ2n) is 3.42. The van der Waals surface area contributed by atoms with Crippen molar-refractivity contribution in [2.24, 2.45) is 0 Å². The Morgan fingerprint density at radius 3 is 2.71 bits per heavy atom. The van der Waals surface area contributed by atoms with Crippen molar-refractivity contribution < 1.29 is 0 Å². The molecule has 2 nitrogen and oxygen atoms in total. The largest absolute Gasteiger partial charge is 0.368 e. The third-order valence-corrected chi connectivity index (χ3v) is 2.45. The van der Waals surface area contributed by atoms with E-state index < -0.39 is 0 Å². The highest BCUT2D eigenvalue weighted by molar-refractivity contribution is 9.10. The van der Waals surface area contributed by atoms with Gasteiger partial charge in [0.15, 0.2) is 0 Å². The van der Waals surface area contributed by atoms with Gasteiger partial charge < -0.3 is 5.32 Å². The number of aromatic nitrogens is 1.